The van der Waals surface area contributed by atoms with Crippen molar-refractivity contribution in [3.05, 3.63) is 117 Å². The van der Waals surface area contributed by atoms with Gasteiger partial charge in [-0.1, -0.05) is 34.6 Å². The molecule has 0 spiro atoms. The first kappa shape index (κ1) is 35.3. The van der Waals surface area contributed by atoms with Gasteiger partial charge in [-0.3, -0.25) is 0 Å². The Morgan fingerprint density at radius 2 is 0.644 bits per heavy atom. The van der Waals surface area contributed by atoms with Crippen LogP contribution in [0.25, 0.3) is 0 Å². The number of para-hydroxylation sites is 1. The van der Waals surface area contributed by atoms with Gasteiger partial charge in [0.1, 0.15) is 40.6 Å². The molecule has 0 aromatic heterocycles. The average molecular weight is 665 g/mol. The SMILES string of the molecule is Cc1ccccc1[NH+](C)C.O[B-](c1c(F)c(F)c(F)c(F)c1F)(c1c(F)c(F)c(F)c(F)c1F)c1c(F)c(F)c(F)c(F)c1F. The van der Waals surface area contributed by atoms with Crippen LogP contribution in [0.3, 0.4) is 0 Å². The van der Waals surface area contributed by atoms with Crippen molar-refractivity contribution in [2.24, 2.45) is 0 Å². The number of quaternary nitrogens is 1. The number of aryl methyl sites for hydroxylation is 1. The fraction of sp³-hybridized carbons (Fsp3) is 0.111. The zero-order chi connectivity index (χ0) is 34.5. The first-order valence-electron chi connectivity index (χ1n) is 12.0. The fourth-order valence-corrected chi connectivity index (χ4v) is 4.53. The minimum atomic E-state index is -6.41. The van der Waals surface area contributed by atoms with Crippen LogP contribution in [-0.2, 0) is 0 Å². The van der Waals surface area contributed by atoms with Gasteiger partial charge in [0, 0.05) is 5.56 Å². The first-order chi connectivity index (χ1) is 20.7. The second kappa shape index (κ2) is 12.7. The Morgan fingerprint density at radius 1 is 0.422 bits per heavy atom. The first-order valence-corrected chi connectivity index (χ1v) is 12.0. The largest absolute Gasteiger partial charge is 0.594 e. The third kappa shape index (κ3) is 5.60. The van der Waals surface area contributed by atoms with E-state index in [-0.39, 0.29) is 0 Å². The van der Waals surface area contributed by atoms with Gasteiger partial charge < -0.3 is 9.92 Å². The Bertz CT molecular complexity index is 1570. The van der Waals surface area contributed by atoms with Crippen LogP contribution in [-0.4, -0.2) is 25.5 Å². The van der Waals surface area contributed by atoms with E-state index < -0.39 is 110 Å². The van der Waals surface area contributed by atoms with Gasteiger partial charge in [-0.15, -0.1) is 0 Å². The molecule has 242 valence electrons. The monoisotopic (exact) mass is 665 g/mol. The molecule has 2 N–H and O–H groups in total. The maximum Gasteiger partial charge on any atom is 0.214 e. The molecule has 0 heterocycles. The van der Waals surface area contributed by atoms with Crippen molar-refractivity contribution in [1.82, 2.24) is 0 Å². The van der Waals surface area contributed by atoms with Crippen molar-refractivity contribution < 1.29 is 75.8 Å². The van der Waals surface area contributed by atoms with Crippen molar-refractivity contribution in [2.45, 2.75) is 6.92 Å². The average Bonchev–Trinajstić information content (AvgIpc) is 2.99. The topological polar surface area (TPSA) is 24.7 Å². The van der Waals surface area contributed by atoms with E-state index in [0.29, 0.717) is 0 Å². The van der Waals surface area contributed by atoms with Crippen LogP contribution in [0.2, 0.25) is 0 Å². The molecule has 0 amide bonds. The molecule has 0 fully saturated rings. The summed E-state index contributed by atoms with van der Waals surface area (Å²) in [7, 11) is 4.28. The zero-order valence-corrected chi connectivity index (χ0v) is 22.5. The lowest BCUT2D eigenvalue weighted by atomic mass is 9.28. The number of nitrogens with one attached hydrogen (secondary N) is 1. The third-order valence-corrected chi connectivity index (χ3v) is 6.67. The van der Waals surface area contributed by atoms with Crippen molar-refractivity contribution in [1.29, 1.82) is 0 Å². The van der Waals surface area contributed by atoms with E-state index in [1.165, 1.54) is 16.2 Å². The van der Waals surface area contributed by atoms with Crippen molar-refractivity contribution in [2.75, 3.05) is 14.1 Å². The molecule has 0 saturated carbocycles. The van der Waals surface area contributed by atoms with Gasteiger partial charge >= 0.3 is 0 Å². The molecule has 2 nitrogen and oxygen atoms in total. The lowest BCUT2D eigenvalue weighted by molar-refractivity contribution is -0.786. The summed E-state index contributed by atoms with van der Waals surface area (Å²) in [5, 5.41) is 10.8. The highest BCUT2D eigenvalue weighted by Crippen LogP contribution is 2.26. The number of hydrogen-bond donors (Lipinski definition) is 2. The quantitative estimate of drug-likeness (QED) is 0.143. The Kier molecular flexibility index (Phi) is 9.94. The molecule has 18 heteroatoms. The van der Waals surface area contributed by atoms with Crippen LogP contribution >= 0.6 is 0 Å². The van der Waals surface area contributed by atoms with Crippen LogP contribution in [0.4, 0.5) is 71.5 Å². The highest BCUT2D eigenvalue weighted by Gasteiger charge is 2.47. The summed E-state index contributed by atoms with van der Waals surface area (Å²) in [6, 6.07) is 8.45. The number of hydrogen-bond acceptors (Lipinski definition) is 1. The second-order valence-corrected chi connectivity index (χ2v) is 9.59. The van der Waals surface area contributed by atoms with E-state index in [9.17, 15) is 70.9 Å². The lowest BCUT2D eigenvalue weighted by Gasteiger charge is -2.39. The normalized spacial score (nSPS) is 11.6. The molecule has 4 aromatic carbocycles. The van der Waals surface area contributed by atoms with Crippen LogP contribution in [0.15, 0.2) is 24.3 Å². The molecule has 4 aromatic rings. The smallest absolute Gasteiger partial charge is 0.214 e. The van der Waals surface area contributed by atoms with Gasteiger partial charge in [0.05, 0.1) is 14.1 Å². The predicted octanol–water partition coefficient (Wildman–Crippen LogP) is 4.50. The summed E-state index contributed by atoms with van der Waals surface area (Å²) < 4.78 is 210. The molecule has 0 aliphatic rings. The van der Waals surface area contributed by atoms with Crippen molar-refractivity contribution >= 4 is 28.4 Å². The third-order valence-electron chi connectivity index (χ3n) is 6.67. The Labute approximate surface area is 242 Å². The molecule has 0 radical (unpaired) electrons. The van der Waals surface area contributed by atoms with Gasteiger partial charge in [-0.2, -0.15) is 0 Å². The van der Waals surface area contributed by atoms with Crippen LogP contribution < -0.4 is 21.3 Å². The maximum absolute atomic E-state index is 14.5. The van der Waals surface area contributed by atoms with E-state index in [1.54, 1.807) is 0 Å². The Hall–Kier alpha value is -4.19. The molecular weight excluding hydrogens is 650 g/mol. The minimum absolute atomic E-state index is 1.36. The van der Waals surface area contributed by atoms with E-state index >= 15 is 0 Å². The predicted molar refractivity (Wildman–Crippen MR) is 129 cm³/mol. The zero-order valence-electron chi connectivity index (χ0n) is 22.5. The van der Waals surface area contributed by atoms with Gasteiger partial charge in [-0.25, -0.2) is 65.9 Å². The van der Waals surface area contributed by atoms with E-state index in [0.717, 1.165) is 0 Å². The summed E-state index contributed by atoms with van der Waals surface area (Å²) in [5.74, 6) is -47.9. The molecule has 0 aliphatic carbocycles. The summed E-state index contributed by atoms with van der Waals surface area (Å²) in [5.41, 5.74) is -6.49. The van der Waals surface area contributed by atoms with Gasteiger partial charge in [0.2, 0.25) is 6.35 Å². The fourth-order valence-electron chi connectivity index (χ4n) is 4.53. The minimum Gasteiger partial charge on any atom is -0.594 e. The molecule has 0 bridgehead atoms. The lowest BCUT2D eigenvalue weighted by Crippen LogP contribution is -3.00. The highest BCUT2D eigenvalue weighted by atomic mass is 19.2. The maximum atomic E-state index is 14.5. The number of benzene rings is 4. The van der Waals surface area contributed by atoms with E-state index in [4.69, 9.17) is 0 Å². The molecule has 0 atom stereocenters. The molecule has 45 heavy (non-hydrogen) atoms. The summed E-state index contributed by atoms with van der Waals surface area (Å²) in [4.78, 5) is 1.39. The Balaban J connectivity index is 0.000000468. The van der Waals surface area contributed by atoms with Crippen molar-refractivity contribution in [3.63, 3.8) is 0 Å². The standard InChI is InChI=1S/C18HBF15O.C9H13N/c20-4-1(5(21)11(27)16(32)10(4)26)19(35,2-6(22)12(28)17(33)13(29)7(2)23)3-8(24)14(30)18(34)15(31)9(3)25;1-8-6-4-5-7-9(8)10(2)3/h35H;4-7H,1-3H3/q-1;/p+1. The number of rotatable bonds is 4. The van der Waals surface area contributed by atoms with Crippen LogP contribution in [0, 0.1) is 94.2 Å². The van der Waals surface area contributed by atoms with E-state index in [1.807, 2.05) is 0 Å². The van der Waals surface area contributed by atoms with E-state index in [2.05, 4.69) is 45.3 Å². The molecule has 0 saturated heterocycles. The number of halogens is 15. The summed E-state index contributed by atoms with van der Waals surface area (Å²) in [6.45, 7) is 2.14. The highest BCUT2D eigenvalue weighted by molar-refractivity contribution is 7.06. The molecule has 4 rings (SSSR count). The van der Waals surface area contributed by atoms with Crippen LogP contribution in [0.5, 0.6) is 0 Å². The van der Waals surface area contributed by atoms with Gasteiger partial charge in [0.25, 0.3) is 0 Å². The van der Waals surface area contributed by atoms with Gasteiger partial charge in [0.15, 0.2) is 52.4 Å². The second-order valence-electron chi connectivity index (χ2n) is 9.59. The van der Waals surface area contributed by atoms with Crippen molar-refractivity contribution in [3.8, 4) is 0 Å². The molecular formula is C27H15BF15NO. The van der Waals surface area contributed by atoms with Crippen LogP contribution in [0.1, 0.15) is 5.56 Å². The summed E-state index contributed by atoms with van der Waals surface area (Å²) in [6.07, 6.45) is -6.41. The van der Waals surface area contributed by atoms with Gasteiger partial charge in [-0.05, 0) is 13.0 Å². The molecule has 0 unspecified atom stereocenters. The summed E-state index contributed by atoms with van der Waals surface area (Å²) >= 11 is 0. The molecule has 0 aliphatic heterocycles. The Morgan fingerprint density at radius 3 is 0.844 bits per heavy atom.